The first-order chi connectivity index (χ1) is 10.0. The summed E-state index contributed by atoms with van der Waals surface area (Å²) in [6, 6.07) is -0.0744. The molecule has 2 amide bonds. The highest BCUT2D eigenvalue weighted by molar-refractivity contribution is 5.75. The van der Waals surface area contributed by atoms with Crippen LogP contribution in [0, 0.1) is 17.8 Å². The molecule has 4 rings (SSSR count). The van der Waals surface area contributed by atoms with Gasteiger partial charge in [0.25, 0.3) is 0 Å². The molecule has 0 aromatic rings. The van der Waals surface area contributed by atoms with E-state index in [2.05, 4.69) is 10.6 Å². The van der Waals surface area contributed by atoms with Crippen LogP contribution < -0.4 is 10.6 Å². The van der Waals surface area contributed by atoms with Gasteiger partial charge in [-0.3, -0.25) is 0 Å². The van der Waals surface area contributed by atoms with Gasteiger partial charge in [0.1, 0.15) is 0 Å². The van der Waals surface area contributed by atoms with E-state index in [0.29, 0.717) is 0 Å². The largest absolute Gasteiger partial charge is 0.394 e. The van der Waals surface area contributed by atoms with Gasteiger partial charge < -0.3 is 15.7 Å². The molecule has 0 unspecified atom stereocenters. The molecule has 0 aromatic carbocycles. The first-order valence-electron chi connectivity index (χ1n) is 8.73. The van der Waals surface area contributed by atoms with Crippen LogP contribution in [0.3, 0.4) is 0 Å². The molecule has 4 bridgehead atoms. The third-order valence-corrected chi connectivity index (χ3v) is 6.45. The van der Waals surface area contributed by atoms with Gasteiger partial charge in [-0.15, -0.1) is 0 Å². The minimum Gasteiger partial charge on any atom is -0.394 e. The predicted octanol–water partition coefficient (Wildman–Crippen LogP) is 2.81. The van der Waals surface area contributed by atoms with Crippen LogP contribution in [0.15, 0.2) is 0 Å². The normalized spacial score (nSPS) is 37.6. The van der Waals surface area contributed by atoms with Gasteiger partial charge in [0.05, 0.1) is 12.1 Å². The predicted molar refractivity (Wildman–Crippen MR) is 83.0 cm³/mol. The Morgan fingerprint density at radius 2 is 1.57 bits per heavy atom. The average molecular weight is 294 g/mol. The molecule has 0 heterocycles. The zero-order chi connectivity index (χ0) is 15.1. The number of hydrogen-bond donors (Lipinski definition) is 3. The van der Waals surface area contributed by atoms with Crippen molar-refractivity contribution in [2.75, 3.05) is 6.61 Å². The van der Waals surface area contributed by atoms with Gasteiger partial charge in [0.2, 0.25) is 0 Å². The first-order valence-corrected chi connectivity index (χ1v) is 8.73. The van der Waals surface area contributed by atoms with E-state index in [9.17, 15) is 9.90 Å². The van der Waals surface area contributed by atoms with Crippen LogP contribution >= 0.6 is 0 Å². The molecule has 0 atom stereocenters. The molecule has 4 nitrogen and oxygen atoms in total. The second-order valence-electron chi connectivity index (χ2n) is 7.92. The molecule has 0 radical (unpaired) electrons. The van der Waals surface area contributed by atoms with E-state index in [1.165, 1.54) is 19.3 Å². The summed E-state index contributed by atoms with van der Waals surface area (Å²) in [6.45, 7) is 4.05. The van der Waals surface area contributed by atoms with E-state index < -0.39 is 5.54 Å². The van der Waals surface area contributed by atoms with Gasteiger partial charge in [0, 0.05) is 5.54 Å². The third kappa shape index (κ3) is 2.79. The molecular formula is C17H30N2O2. The number of nitrogens with one attached hydrogen (secondary N) is 2. The minimum atomic E-state index is -0.466. The summed E-state index contributed by atoms with van der Waals surface area (Å²) in [5.41, 5.74) is -0.423. The number of rotatable bonds is 5. The number of aliphatic hydroxyl groups is 1. The van der Waals surface area contributed by atoms with E-state index in [-0.39, 0.29) is 18.2 Å². The lowest BCUT2D eigenvalue weighted by Gasteiger charge is -2.57. The van der Waals surface area contributed by atoms with Crippen molar-refractivity contribution in [1.82, 2.24) is 10.6 Å². The van der Waals surface area contributed by atoms with Crippen molar-refractivity contribution in [3.8, 4) is 0 Å². The van der Waals surface area contributed by atoms with E-state index in [1.807, 2.05) is 13.8 Å². The van der Waals surface area contributed by atoms with Crippen molar-refractivity contribution in [3.05, 3.63) is 0 Å². The van der Waals surface area contributed by atoms with Crippen molar-refractivity contribution in [3.63, 3.8) is 0 Å². The molecular weight excluding hydrogens is 264 g/mol. The summed E-state index contributed by atoms with van der Waals surface area (Å²) in [5.74, 6) is 2.49. The van der Waals surface area contributed by atoms with Gasteiger partial charge in [-0.1, -0.05) is 13.8 Å². The summed E-state index contributed by atoms with van der Waals surface area (Å²) in [5, 5.41) is 16.0. The number of amides is 2. The Bertz CT molecular complexity index is 360. The molecule has 0 spiro atoms. The van der Waals surface area contributed by atoms with Crippen LogP contribution in [0.5, 0.6) is 0 Å². The van der Waals surface area contributed by atoms with Crippen LogP contribution in [0.1, 0.15) is 65.2 Å². The van der Waals surface area contributed by atoms with Crippen LogP contribution in [-0.2, 0) is 0 Å². The number of carbonyl (C=O) groups is 1. The lowest BCUT2D eigenvalue weighted by Crippen LogP contribution is -2.64. The van der Waals surface area contributed by atoms with Gasteiger partial charge in [-0.05, 0) is 69.1 Å². The number of carbonyl (C=O) groups excluding carboxylic acids is 1. The highest BCUT2D eigenvalue weighted by Gasteiger charge is 2.51. The SMILES string of the molecule is CCC(CC)(CO)NC(=O)NC12CC3CC(CC(C3)C1)C2. The number of urea groups is 1. The maximum absolute atomic E-state index is 12.5. The lowest BCUT2D eigenvalue weighted by atomic mass is 9.53. The zero-order valence-electron chi connectivity index (χ0n) is 13.5. The third-order valence-electron chi connectivity index (χ3n) is 6.45. The number of aliphatic hydroxyl groups excluding tert-OH is 1. The molecule has 4 aliphatic carbocycles. The summed E-state index contributed by atoms with van der Waals surface area (Å²) in [4.78, 5) is 12.5. The Morgan fingerprint density at radius 3 is 1.95 bits per heavy atom. The van der Waals surface area contributed by atoms with Gasteiger partial charge in [0.15, 0.2) is 0 Å². The highest BCUT2D eigenvalue weighted by atomic mass is 16.3. The fourth-order valence-corrected chi connectivity index (χ4v) is 5.47. The van der Waals surface area contributed by atoms with Gasteiger partial charge >= 0.3 is 6.03 Å². The summed E-state index contributed by atoms with van der Waals surface area (Å²) in [6.07, 6.45) is 9.15. The Kier molecular flexibility index (Phi) is 3.93. The fraction of sp³-hybridized carbons (Fsp3) is 0.941. The van der Waals surface area contributed by atoms with E-state index >= 15 is 0 Å². The highest BCUT2D eigenvalue weighted by Crippen LogP contribution is 2.55. The molecule has 4 heteroatoms. The van der Waals surface area contributed by atoms with E-state index in [4.69, 9.17) is 0 Å². The van der Waals surface area contributed by atoms with Crippen LogP contribution in [-0.4, -0.2) is 28.8 Å². The Labute approximate surface area is 128 Å². The van der Waals surface area contributed by atoms with Crippen LogP contribution in [0.4, 0.5) is 4.79 Å². The molecule has 4 fully saturated rings. The van der Waals surface area contributed by atoms with Crippen molar-refractivity contribution in [2.24, 2.45) is 17.8 Å². The Morgan fingerprint density at radius 1 is 1.10 bits per heavy atom. The maximum atomic E-state index is 12.5. The molecule has 4 saturated carbocycles. The molecule has 0 saturated heterocycles. The number of hydrogen-bond acceptors (Lipinski definition) is 2. The quantitative estimate of drug-likeness (QED) is 0.730. The topological polar surface area (TPSA) is 61.4 Å². The standard InChI is InChI=1S/C17H30N2O2/c1-3-16(4-2,11-20)18-15(21)19-17-8-12-5-13(9-17)7-14(6-12)10-17/h12-14,20H,3-11H2,1-2H3,(H2,18,19,21). The summed E-state index contributed by atoms with van der Waals surface area (Å²) < 4.78 is 0. The average Bonchev–Trinajstić information content (AvgIpc) is 2.43. The fourth-order valence-electron chi connectivity index (χ4n) is 5.47. The van der Waals surface area contributed by atoms with Crippen molar-refractivity contribution in [2.45, 2.75) is 76.3 Å². The molecule has 3 N–H and O–H groups in total. The van der Waals surface area contributed by atoms with Crippen molar-refractivity contribution < 1.29 is 9.90 Å². The molecule has 120 valence electrons. The molecule has 0 aliphatic heterocycles. The van der Waals surface area contributed by atoms with Crippen LogP contribution in [0.25, 0.3) is 0 Å². The second kappa shape index (κ2) is 5.45. The van der Waals surface area contributed by atoms with E-state index in [0.717, 1.165) is 49.9 Å². The Balaban J connectivity index is 1.65. The maximum Gasteiger partial charge on any atom is 0.315 e. The second-order valence-corrected chi connectivity index (χ2v) is 7.92. The first kappa shape index (κ1) is 15.1. The van der Waals surface area contributed by atoms with E-state index in [1.54, 1.807) is 0 Å². The minimum absolute atomic E-state index is 0.00823. The monoisotopic (exact) mass is 294 g/mol. The zero-order valence-corrected chi connectivity index (χ0v) is 13.5. The summed E-state index contributed by atoms with van der Waals surface area (Å²) >= 11 is 0. The lowest BCUT2D eigenvalue weighted by molar-refractivity contribution is -0.0142. The molecule has 4 aliphatic rings. The van der Waals surface area contributed by atoms with Crippen LogP contribution in [0.2, 0.25) is 0 Å². The van der Waals surface area contributed by atoms with Gasteiger partial charge in [-0.2, -0.15) is 0 Å². The smallest absolute Gasteiger partial charge is 0.315 e. The Hall–Kier alpha value is -0.770. The van der Waals surface area contributed by atoms with Gasteiger partial charge in [-0.25, -0.2) is 4.79 Å². The summed E-state index contributed by atoms with van der Waals surface area (Å²) in [7, 11) is 0. The van der Waals surface area contributed by atoms with Crippen molar-refractivity contribution in [1.29, 1.82) is 0 Å². The molecule has 0 aromatic heterocycles. The molecule has 21 heavy (non-hydrogen) atoms. The van der Waals surface area contributed by atoms with Crippen molar-refractivity contribution >= 4 is 6.03 Å².